The van der Waals surface area contributed by atoms with Crippen LogP contribution in [-0.4, -0.2) is 16.5 Å². The number of carbonyl (C=O) groups excluding carboxylic acids is 1. The summed E-state index contributed by atoms with van der Waals surface area (Å²) in [4.78, 5) is 22.0. The normalized spacial score (nSPS) is 11.1. The van der Waals surface area contributed by atoms with E-state index in [1.807, 2.05) is 18.2 Å². The van der Waals surface area contributed by atoms with Gasteiger partial charge in [0.05, 0.1) is 17.1 Å². The molecule has 0 aromatic heterocycles. The molecular formula is C16H14ClN3O3. The molecule has 0 bridgehead atoms. The number of hydrogen-bond acceptors (Lipinski definition) is 4. The first-order valence-electron chi connectivity index (χ1n) is 6.78. The summed E-state index contributed by atoms with van der Waals surface area (Å²) in [6, 6.07) is 13.0. The molecule has 0 atom stereocenters. The number of nitrogens with zero attached hydrogens (tertiary/aromatic N) is 2. The third-order valence-corrected chi connectivity index (χ3v) is 3.45. The van der Waals surface area contributed by atoms with Crippen molar-refractivity contribution >= 4 is 28.9 Å². The van der Waals surface area contributed by atoms with E-state index in [4.69, 9.17) is 11.6 Å². The van der Waals surface area contributed by atoms with Crippen LogP contribution in [0.2, 0.25) is 5.02 Å². The largest absolute Gasteiger partial charge is 0.273 e. The van der Waals surface area contributed by atoms with Crippen LogP contribution in [0.15, 0.2) is 53.6 Å². The molecule has 0 fully saturated rings. The molecule has 0 heterocycles. The molecule has 7 heteroatoms. The van der Waals surface area contributed by atoms with Gasteiger partial charge in [-0.05, 0) is 18.6 Å². The van der Waals surface area contributed by atoms with E-state index in [1.54, 1.807) is 25.1 Å². The highest BCUT2D eigenvalue weighted by molar-refractivity contribution is 6.34. The Morgan fingerprint density at radius 1 is 1.22 bits per heavy atom. The van der Waals surface area contributed by atoms with Crippen LogP contribution in [0.25, 0.3) is 0 Å². The fourth-order valence-corrected chi connectivity index (χ4v) is 2.19. The van der Waals surface area contributed by atoms with Crippen molar-refractivity contribution in [3.8, 4) is 0 Å². The van der Waals surface area contributed by atoms with Gasteiger partial charge in [-0.3, -0.25) is 14.9 Å². The number of rotatable bonds is 5. The fourth-order valence-electron chi connectivity index (χ4n) is 1.92. The number of benzene rings is 2. The van der Waals surface area contributed by atoms with E-state index in [9.17, 15) is 14.9 Å². The predicted octanol–water partition coefficient (Wildman–Crippen LogP) is 3.33. The molecule has 0 aliphatic rings. The van der Waals surface area contributed by atoms with Crippen LogP contribution in [-0.2, 0) is 11.2 Å². The van der Waals surface area contributed by atoms with Crippen LogP contribution in [0.1, 0.15) is 18.1 Å². The number of non-ortho nitro benzene ring substituents is 1. The minimum Gasteiger partial charge on any atom is -0.273 e. The lowest BCUT2D eigenvalue weighted by atomic mass is 10.1. The summed E-state index contributed by atoms with van der Waals surface area (Å²) in [5.41, 5.74) is 4.43. The number of hydrogen-bond donors (Lipinski definition) is 1. The zero-order valence-electron chi connectivity index (χ0n) is 12.3. The van der Waals surface area contributed by atoms with Gasteiger partial charge in [0.2, 0.25) is 5.91 Å². The second kappa shape index (κ2) is 7.51. The fraction of sp³-hybridized carbons (Fsp3) is 0.125. The Hall–Kier alpha value is -2.73. The van der Waals surface area contributed by atoms with E-state index < -0.39 is 4.92 Å². The zero-order chi connectivity index (χ0) is 16.8. The second-order valence-electron chi connectivity index (χ2n) is 4.81. The van der Waals surface area contributed by atoms with Gasteiger partial charge >= 0.3 is 0 Å². The first kappa shape index (κ1) is 16.6. The summed E-state index contributed by atoms with van der Waals surface area (Å²) < 4.78 is 0. The molecule has 23 heavy (non-hydrogen) atoms. The van der Waals surface area contributed by atoms with Crippen LogP contribution in [0, 0.1) is 10.1 Å². The SMILES string of the molecule is CC(=NNC(=O)Cc1ccc([N+](=O)[O-])cc1)c1ccccc1Cl. The van der Waals surface area contributed by atoms with Gasteiger partial charge in [-0.25, -0.2) is 5.43 Å². The van der Waals surface area contributed by atoms with Gasteiger partial charge in [-0.15, -0.1) is 0 Å². The van der Waals surface area contributed by atoms with Crippen molar-refractivity contribution in [1.82, 2.24) is 5.43 Å². The Morgan fingerprint density at radius 2 is 1.87 bits per heavy atom. The first-order valence-corrected chi connectivity index (χ1v) is 7.16. The van der Waals surface area contributed by atoms with E-state index in [-0.39, 0.29) is 18.0 Å². The molecule has 6 nitrogen and oxygen atoms in total. The van der Waals surface area contributed by atoms with Gasteiger partial charge in [0.25, 0.3) is 5.69 Å². The van der Waals surface area contributed by atoms with Crippen molar-refractivity contribution < 1.29 is 9.72 Å². The quantitative estimate of drug-likeness (QED) is 0.518. The lowest BCUT2D eigenvalue weighted by Gasteiger charge is -2.05. The lowest BCUT2D eigenvalue weighted by Crippen LogP contribution is -2.21. The highest BCUT2D eigenvalue weighted by Gasteiger charge is 2.08. The van der Waals surface area contributed by atoms with Gasteiger partial charge in [0.1, 0.15) is 0 Å². The second-order valence-corrected chi connectivity index (χ2v) is 5.22. The van der Waals surface area contributed by atoms with E-state index in [2.05, 4.69) is 10.5 Å². The first-order chi connectivity index (χ1) is 11.0. The Kier molecular flexibility index (Phi) is 5.43. The summed E-state index contributed by atoms with van der Waals surface area (Å²) in [5.74, 6) is -0.315. The molecule has 2 rings (SSSR count). The number of nitro benzene ring substituents is 1. The summed E-state index contributed by atoms with van der Waals surface area (Å²) in [5, 5.41) is 15.1. The van der Waals surface area contributed by atoms with Crippen molar-refractivity contribution in [2.24, 2.45) is 5.10 Å². The number of amides is 1. The average molecular weight is 332 g/mol. The van der Waals surface area contributed by atoms with Crippen LogP contribution >= 0.6 is 11.6 Å². The number of nitrogens with one attached hydrogen (secondary N) is 1. The molecule has 1 N–H and O–H groups in total. The molecule has 0 spiro atoms. The Bertz CT molecular complexity index is 757. The summed E-state index contributed by atoms with van der Waals surface area (Å²) in [6.07, 6.45) is 0.0807. The maximum Gasteiger partial charge on any atom is 0.269 e. The molecule has 0 radical (unpaired) electrons. The standard InChI is InChI=1S/C16H14ClN3O3/c1-11(14-4-2-3-5-15(14)17)18-19-16(21)10-12-6-8-13(9-7-12)20(22)23/h2-9H,10H2,1H3,(H,19,21). The average Bonchev–Trinajstić information content (AvgIpc) is 2.53. The predicted molar refractivity (Wildman–Crippen MR) is 88.6 cm³/mol. The monoisotopic (exact) mass is 331 g/mol. The van der Waals surface area contributed by atoms with Crippen molar-refractivity contribution in [2.75, 3.05) is 0 Å². The van der Waals surface area contributed by atoms with E-state index in [0.717, 1.165) is 5.56 Å². The molecule has 118 valence electrons. The maximum absolute atomic E-state index is 11.9. The Morgan fingerprint density at radius 3 is 2.48 bits per heavy atom. The zero-order valence-corrected chi connectivity index (χ0v) is 13.1. The van der Waals surface area contributed by atoms with Crippen LogP contribution < -0.4 is 5.43 Å². The molecule has 0 unspecified atom stereocenters. The summed E-state index contributed by atoms with van der Waals surface area (Å²) in [7, 11) is 0. The Balaban J connectivity index is 1.98. The van der Waals surface area contributed by atoms with Crippen molar-refractivity contribution in [3.05, 3.63) is 74.8 Å². The molecule has 2 aromatic rings. The molecule has 1 amide bonds. The number of nitro groups is 1. The number of halogens is 1. The third-order valence-electron chi connectivity index (χ3n) is 3.12. The summed E-state index contributed by atoms with van der Waals surface area (Å²) >= 11 is 6.06. The van der Waals surface area contributed by atoms with Gasteiger partial charge < -0.3 is 0 Å². The minimum atomic E-state index is -0.485. The maximum atomic E-state index is 11.9. The van der Waals surface area contributed by atoms with Crippen molar-refractivity contribution in [2.45, 2.75) is 13.3 Å². The van der Waals surface area contributed by atoms with Gasteiger partial charge in [-0.1, -0.05) is 41.9 Å². The molecule has 2 aromatic carbocycles. The smallest absolute Gasteiger partial charge is 0.269 e. The lowest BCUT2D eigenvalue weighted by molar-refractivity contribution is -0.384. The molecule has 0 saturated carbocycles. The molecular weight excluding hydrogens is 318 g/mol. The topological polar surface area (TPSA) is 84.6 Å². The highest BCUT2D eigenvalue weighted by atomic mass is 35.5. The number of hydrazone groups is 1. The van der Waals surface area contributed by atoms with Gasteiger partial charge in [0.15, 0.2) is 0 Å². The van der Waals surface area contributed by atoms with E-state index >= 15 is 0 Å². The minimum absolute atomic E-state index is 0.0123. The van der Waals surface area contributed by atoms with E-state index in [0.29, 0.717) is 16.3 Å². The Labute approximate surface area is 137 Å². The van der Waals surface area contributed by atoms with Gasteiger partial charge in [-0.2, -0.15) is 5.10 Å². The third kappa shape index (κ3) is 4.62. The number of carbonyl (C=O) groups is 1. The van der Waals surface area contributed by atoms with Crippen LogP contribution in [0.3, 0.4) is 0 Å². The van der Waals surface area contributed by atoms with Gasteiger partial charge in [0, 0.05) is 22.7 Å². The van der Waals surface area contributed by atoms with E-state index in [1.165, 1.54) is 12.1 Å². The van der Waals surface area contributed by atoms with Crippen molar-refractivity contribution in [1.29, 1.82) is 0 Å². The van der Waals surface area contributed by atoms with Crippen LogP contribution in [0.4, 0.5) is 5.69 Å². The molecule has 0 saturated heterocycles. The van der Waals surface area contributed by atoms with Crippen molar-refractivity contribution in [3.63, 3.8) is 0 Å². The highest BCUT2D eigenvalue weighted by Crippen LogP contribution is 2.15. The summed E-state index contributed by atoms with van der Waals surface area (Å²) in [6.45, 7) is 1.74. The molecule has 0 aliphatic heterocycles. The van der Waals surface area contributed by atoms with Crippen LogP contribution in [0.5, 0.6) is 0 Å². The molecule has 0 aliphatic carbocycles.